The van der Waals surface area contributed by atoms with Gasteiger partial charge in [0.05, 0.1) is 19.6 Å². The fourth-order valence-electron chi connectivity index (χ4n) is 2.52. The van der Waals surface area contributed by atoms with Crippen molar-refractivity contribution in [2.45, 2.75) is 37.8 Å². The Morgan fingerprint density at radius 1 is 1.41 bits per heavy atom. The first-order valence-electron chi connectivity index (χ1n) is 5.80. The highest BCUT2D eigenvalue weighted by molar-refractivity contribution is 6.05. The molecular formula is C11H16N2O4. The second-order valence-corrected chi connectivity index (χ2v) is 4.40. The van der Waals surface area contributed by atoms with Crippen molar-refractivity contribution < 1.29 is 19.1 Å². The molecule has 2 unspecified atom stereocenters. The molecule has 0 aromatic heterocycles. The van der Waals surface area contributed by atoms with E-state index in [-0.39, 0.29) is 24.2 Å². The first-order valence-corrected chi connectivity index (χ1v) is 5.80. The first kappa shape index (κ1) is 12.0. The van der Waals surface area contributed by atoms with E-state index in [9.17, 15) is 14.4 Å². The molecule has 2 aliphatic rings. The molecule has 0 aromatic rings. The Bertz CT molecular complexity index is 355. The van der Waals surface area contributed by atoms with Gasteiger partial charge in [-0.2, -0.15) is 0 Å². The highest BCUT2D eigenvalue weighted by Crippen LogP contribution is 2.23. The van der Waals surface area contributed by atoms with Gasteiger partial charge >= 0.3 is 5.97 Å². The van der Waals surface area contributed by atoms with Crippen LogP contribution in [0.4, 0.5) is 0 Å². The number of nitrogens with zero attached hydrogens (tertiary/aromatic N) is 1. The molecule has 2 rings (SSSR count). The zero-order valence-corrected chi connectivity index (χ0v) is 9.77. The number of nitrogens with one attached hydrogen (secondary N) is 1. The minimum absolute atomic E-state index is 0.145. The van der Waals surface area contributed by atoms with Crippen molar-refractivity contribution in [2.24, 2.45) is 0 Å². The maximum atomic E-state index is 11.6. The number of imide groups is 1. The van der Waals surface area contributed by atoms with E-state index in [1.54, 1.807) is 4.90 Å². The number of carbonyl (C=O) groups is 3. The van der Waals surface area contributed by atoms with E-state index < -0.39 is 12.1 Å². The second kappa shape index (κ2) is 4.83. The molecular weight excluding hydrogens is 224 g/mol. The fraction of sp³-hybridized carbons (Fsp3) is 0.727. The van der Waals surface area contributed by atoms with E-state index >= 15 is 0 Å². The predicted octanol–water partition coefficient (Wildman–Crippen LogP) is -0.571. The van der Waals surface area contributed by atoms with Crippen LogP contribution in [0.2, 0.25) is 0 Å². The van der Waals surface area contributed by atoms with Crippen LogP contribution < -0.4 is 5.32 Å². The number of hydrogen-bond acceptors (Lipinski definition) is 5. The molecule has 0 spiro atoms. The van der Waals surface area contributed by atoms with Gasteiger partial charge in [0, 0.05) is 0 Å². The summed E-state index contributed by atoms with van der Waals surface area (Å²) >= 11 is 0. The normalized spacial score (nSPS) is 30.2. The number of methoxy groups -OCH3 is 1. The largest absolute Gasteiger partial charge is 0.468 e. The average molecular weight is 240 g/mol. The number of rotatable bonds is 2. The quantitative estimate of drug-likeness (QED) is 0.516. The Balaban J connectivity index is 2.13. The monoisotopic (exact) mass is 240 g/mol. The van der Waals surface area contributed by atoms with Crippen molar-refractivity contribution in [1.82, 2.24) is 10.2 Å². The number of carbonyl (C=O) groups excluding carboxylic acids is 3. The van der Waals surface area contributed by atoms with Gasteiger partial charge < -0.3 is 4.74 Å². The van der Waals surface area contributed by atoms with Crippen molar-refractivity contribution in [2.75, 3.05) is 13.7 Å². The topological polar surface area (TPSA) is 75.7 Å². The van der Waals surface area contributed by atoms with Crippen molar-refractivity contribution in [3.05, 3.63) is 0 Å². The second-order valence-electron chi connectivity index (χ2n) is 4.40. The summed E-state index contributed by atoms with van der Waals surface area (Å²) in [6.07, 6.45) is 2.71. The van der Waals surface area contributed by atoms with Crippen molar-refractivity contribution in [1.29, 1.82) is 0 Å². The number of amides is 2. The summed E-state index contributed by atoms with van der Waals surface area (Å²) in [5.74, 6) is -0.892. The van der Waals surface area contributed by atoms with Gasteiger partial charge in [-0.15, -0.1) is 0 Å². The zero-order valence-electron chi connectivity index (χ0n) is 9.77. The van der Waals surface area contributed by atoms with Crippen LogP contribution in [-0.2, 0) is 19.1 Å². The van der Waals surface area contributed by atoms with E-state index in [0.717, 1.165) is 12.8 Å². The molecule has 0 bridgehead atoms. The fourth-order valence-corrected chi connectivity index (χ4v) is 2.52. The SMILES string of the molecule is COC(=O)C1CCCCN1C1CC(=O)NC1=O. The van der Waals surface area contributed by atoms with Gasteiger partial charge in [0.25, 0.3) is 0 Å². The molecule has 2 heterocycles. The van der Waals surface area contributed by atoms with E-state index in [2.05, 4.69) is 5.32 Å². The van der Waals surface area contributed by atoms with Crippen molar-refractivity contribution in [3.8, 4) is 0 Å². The Morgan fingerprint density at radius 3 is 2.76 bits per heavy atom. The molecule has 0 radical (unpaired) electrons. The van der Waals surface area contributed by atoms with Crippen molar-refractivity contribution in [3.63, 3.8) is 0 Å². The lowest BCUT2D eigenvalue weighted by atomic mass is 9.99. The van der Waals surface area contributed by atoms with Crippen LogP contribution in [0.5, 0.6) is 0 Å². The summed E-state index contributed by atoms with van der Waals surface area (Å²) in [5.41, 5.74) is 0. The highest BCUT2D eigenvalue weighted by Gasteiger charge is 2.42. The summed E-state index contributed by atoms with van der Waals surface area (Å²) in [4.78, 5) is 36.2. The Morgan fingerprint density at radius 2 is 2.18 bits per heavy atom. The van der Waals surface area contributed by atoms with E-state index in [0.29, 0.717) is 13.0 Å². The number of esters is 1. The third kappa shape index (κ3) is 2.31. The average Bonchev–Trinajstić information content (AvgIpc) is 2.67. The summed E-state index contributed by atoms with van der Waals surface area (Å²) in [7, 11) is 1.34. The minimum Gasteiger partial charge on any atom is -0.468 e. The molecule has 17 heavy (non-hydrogen) atoms. The summed E-state index contributed by atoms with van der Waals surface area (Å²) in [6.45, 7) is 0.658. The third-order valence-electron chi connectivity index (χ3n) is 3.36. The van der Waals surface area contributed by atoms with Crippen molar-refractivity contribution >= 4 is 17.8 Å². The van der Waals surface area contributed by atoms with Gasteiger partial charge in [0.15, 0.2) is 0 Å². The molecule has 2 aliphatic heterocycles. The van der Waals surface area contributed by atoms with Crippen LogP contribution >= 0.6 is 0 Å². The predicted molar refractivity (Wildman–Crippen MR) is 57.9 cm³/mol. The molecule has 2 fully saturated rings. The lowest BCUT2D eigenvalue weighted by Gasteiger charge is -2.36. The van der Waals surface area contributed by atoms with Crippen LogP contribution in [0, 0.1) is 0 Å². The number of piperidine rings is 1. The molecule has 6 heteroatoms. The van der Waals surface area contributed by atoms with Crippen LogP contribution in [0.25, 0.3) is 0 Å². The van der Waals surface area contributed by atoms with Gasteiger partial charge in [0.2, 0.25) is 11.8 Å². The Hall–Kier alpha value is -1.43. The lowest BCUT2D eigenvalue weighted by Crippen LogP contribution is -2.52. The number of likely N-dealkylation sites (tertiary alicyclic amines) is 1. The number of ether oxygens (including phenoxy) is 1. The molecule has 0 aromatic carbocycles. The van der Waals surface area contributed by atoms with Crippen LogP contribution in [0.3, 0.4) is 0 Å². The molecule has 2 atom stereocenters. The molecule has 1 N–H and O–H groups in total. The van der Waals surface area contributed by atoms with Crippen LogP contribution in [0.15, 0.2) is 0 Å². The minimum atomic E-state index is -0.508. The number of hydrogen-bond donors (Lipinski definition) is 1. The van der Waals surface area contributed by atoms with Gasteiger partial charge in [-0.25, -0.2) is 0 Å². The molecule has 6 nitrogen and oxygen atoms in total. The van der Waals surface area contributed by atoms with Gasteiger partial charge in [-0.3, -0.25) is 24.6 Å². The van der Waals surface area contributed by atoms with Gasteiger partial charge in [0.1, 0.15) is 6.04 Å². The summed E-state index contributed by atoms with van der Waals surface area (Å²) in [6, 6.07) is -0.901. The standard InChI is InChI=1S/C11H16N2O4/c1-17-11(16)7-4-2-3-5-13(7)8-6-9(14)12-10(8)15/h7-8H,2-6H2,1H3,(H,12,14,15). The Labute approximate surface area is 99.3 Å². The van der Waals surface area contributed by atoms with Gasteiger partial charge in [-0.1, -0.05) is 6.42 Å². The first-order chi connectivity index (χ1) is 8.13. The lowest BCUT2D eigenvalue weighted by molar-refractivity contribution is -0.150. The summed E-state index contributed by atoms with van der Waals surface area (Å²) in [5, 5.41) is 2.27. The molecule has 2 saturated heterocycles. The smallest absolute Gasteiger partial charge is 0.323 e. The highest BCUT2D eigenvalue weighted by atomic mass is 16.5. The van der Waals surface area contributed by atoms with E-state index in [1.165, 1.54) is 7.11 Å². The molecule has 94 valence electrons. The van der Waals surface area contributed by atoms with E-state index in [1.807, 2.05) is 0 Å². The van der Waals surface area contributed by atoms with Crippen LogP contribution in [0.1, 0.15) is 25.7 Å². The van der Waals surface area contributed by atoms with E-state index in [4.69, 9.17) is 4.74 Å². The van der Waals surface area contributed by atoms with Gasteiger partial charge in [-0.05, 0) is 19.4 Å². The molecule has 0 aliphatic carbocycles. The Kier molecular flexibility index (Phi) is 3.42. The summed E-state index contributed by atoms with van der Waals surface area (Å²) < 4.78 is 4.74. The molecule has 0 saturated carbocycles. The maximum Gasteiger partial charge on any atom is 0.323 e. The maximum absolute atomic E-state index is 11.6. The zero-order chi connectivity index (χ0) is 12.4. The molecule has 2 amide bonds. The third-order valence-corrected chi connectivity index (χ3v) is 3.36. The van der Waals surface area contributed by atoms with Crippen LogP contribution in [-0.4, -0.2) is 48.4 Å².